The number of halogens is 1. The number of nitrogens with two attached hydrogens (primary N) is 1. The Morgan fingerprint density at radius 1 is 1.33 bits per heavy atom. The van der Waals surface area contributed by atoms with Gasteiger partial charge in [-0.3, -0.25) is 4.79 Å². The van der Waals surface area contributed by atoms with E-state index in [1.807, 2.05) is 37.3 Å². The molecule has 3 N–H and O–H groups in total. The molecule has 5 nitrogen and oxygen atoms in total. The molecule has 134 valence electrons. The number of fused-ring (bicyclic) bond motifs is 1. The van der Waals surface area contributed by atoms with E-state index in [0.29, 0.717) is 22.9 Å². The number of carbonyl (C=O) groups is 1. The lowest BCUT2D eigenvalue weighted by Gasteiger charge is -2.13. The third-order valence-corrected chi connectivity index (χ3v) is 5.39. The summed E-state index contributed by atoms with van der Waals surface area (Å²) in [5.41, 5.74) is 9.66. The SMILES string of the molecule is Cc1ccccc1-c1cc2cc(NC(=O)[C@H]3C[C@@H]3C#N)ncc2c(N)c1Cl. The van der Waals surface area contributed by atoms with E-state index >= 15 is 0 Å². The van der Waals surface area contributed by atoms with Crippen LogP contribution >= 0.6 is 11.6 Å². The zero-order chi connectivity index (χ0) is 19.1. The van der Waals surface area contributed by atoms with Gasteiger partial charge in [0.15, 0.2) is 0 Å². The molecule has 4 rings (SSSR count). The molecule has 3 aromatic rings. The number of pyridine rings is 1. The van der Waals surface area contributed by atoms with Gasteiger partial charge in [-0.25, -0.2) is 4.98 Å². The van der Waals surface area contributed by atoms with E-state index in [0.717, 1.165) is 27.5 Å². The van der Waals surface area contributed by atoms with Crippen LogP contribution < -0.4 is 11.1 Å². The molecule has 2 aromatic carbocycles. The number of carbonyl (C=O) groups excluding carboxylic acids is 1. The molecule has 0 radical (unpaired) electrons. The van der Waals surface area contributed by atoms with Crippen LogP contribution in [0.4, 0.5) is 11.5 Å². The van der Waals surface area contributed by atoms with Gasteiger partial charge in [0.2, 0.25) is 5.91 Å². The highest BCUT2D eigenvalue weighted by Crippen LogP contribution is 2.40. The first kappa shape index (κ1) is 17.3. The number of amides is 1. The molecule has 0 saturated heterocycles. The van der Waals surface area contributed by atoms with Crippen molar-refractivity contribution in [2.24, 2.45) is 11.8 Å². The number of nitrogen functional groups attached to an aromatic ring is 1. The Bertz CT molecular complexity index is 1120. The highest BCUT2D eigenvalue weighted by atomic mass is 35.5. The minimum Gasteiger partial charge on any atom is -0.397 e. The van der Waals surface area contributed by atoms with E-state index in [2.05, 4.69) is 16.4 Å². The number of nitrogens with one attached hydrogen (secondary N) is 1. The largest absolute Gasteiger partial charge is 0.397 e. The monoisotopic (exact) mass is 376 g/mol. The molecule has 1 aromatic heterocycles. The molecule has 1 aliphatic rings. The van der Waals surface area contributed by atoms with Crippen molar-refractivity contribution in [2.75, 3.05) is 11.1 Å². The van der Waals surface area contributed by atoms with Crippen LogP contribution in [-0.4, -0.2) is 10.9 Å². The number of rotatable bonds is 3. The Morgan fingerprint density at radius 3 is 2.81 bits per heavy atom. The van der Waals surface area contributed by atoms with Crippen molar-refractivity contribution in [3.05, 3.63) is 53.2 Å². The maximum Gasteiger partial charge on any atom is 0.230 e. The lowest BCUT2D eigenvalue weighted by molar-refractivity contribution is -0.117. The van der Waals surface area contributed by atoms with Gasteiger partial charge in [-0.2, -0.15) is 5.26 Å². The molecule has 0 spiro atoms. The average molecular weight is 377 g/mol. The molecular weight excluding hydrogens is 360 g/mol. The highest BCUT2D eigenvalue weighted by Gasteiger charge is 2.43. The fraction of sp³-hybridized carbons (Fsp3) is 0.190. The number of hydrogen-bond donors (Lipinski definition) is 2. The van der Waals surface area contributed by atoms with Gasteiger partial charge in [0.1, 0.15) is 5.82 Å². The molecule has 1 fully saturated rings. The van der Waals surface area contributed by atoms with E-state index in [4.69, 9.17) is 22.6 Å². The number of nitrogens with zero attached hydrogens (tertiary/aromatic N) is 2. The van der Waals surface area contributed by atoms with Crippen LogP contribution in [0.25, 0.3) is 21.9 Å². The minimum atomic E-state index is -0.245. The van der Waals surface area contributed by atoms with Crippen molar-refractivity contribution in [2.45, 2.75) is 13.3 Å². The smallest absolute Gasteiger partial charge is 0.230 e. The molecule has 2 atom stereocenters. The van der Waals surface area contributed by atoms with Gasteiger partial charge >= 0.3 is 0 Å². The van der Waals surface area contributed by atoms with Gasteiger partial charge < -0.3 is 11.1 Å². The summed E-state index contributed by atoms with van der Waals surface area (Å²) in [4.78, 5) is 16.5. The maximum atomic E-state index is 12.2. The second-order valence-corrected chi connectivity index (χ2v) is 7.20. The summed E-state index contributed by atoms with van der Waals surface area (Å²) in [5.74, 6) is -0.166. The number of aryl methyl sites for hydroxylation is 1. The first-order chi connectivity index (χ1) is 13.0. The second kappa shape index (κ2) is 6.57. The van der Waals surface area contributed by atoms with Crippen molar-refractivity contribution in [1.82, 2.24) is 4.98 Å². The molecule has 27 heavy (non-hydrogen) atoms. The third kappa shape index (κ3) is 3.09. The predicted octanol–water partition coefficient (Wildman–Crippen LogP) is 4.54. The van der Waals surface area contributed by atoms with Gasteiger partial charge in [-0.05, 0) is 42.0 Å². The van der Waals surface area contributed by atoms with Crippen LogP contribution in [0.1, 0.15) is 12.0 Å². The normalized spacial score (nSPS) is 18.1. The zero-order valence-corrected chi connectivity index (χ0v) is 15.4. The zero-order valence-electron chi connectivity index (χ0n) is 14.7. The molecule has 1 heterocycles. The van der Waals surface area contributed by atoms with Crippen LogP contribution in [0.3, 0.4) is 0 Å². The Balaban J connectivity index is 1.75. The Labute approximate surface area is 161 Å². The molecule has 1 amide bonds. The standard InChI is InChI=1S/C21H17ClN4O/c1-11-4-2-3-5-14(11)16-6-12-8-18(25-10-17(12)20(24)19(16)22)26-21(27)15-7-13(15)9-23/h2-6,8,10,13,15H,7,24H2,1H3,(H,25,26,27)/t13-,15+/m1/s1. The molecule has 0 unspecified atom stereocenters. The first-order valence-corrected chi connectivity index (χ1v) is 9.01. The van der Waals surface area contributed by atoms with E-state index in [9.17, 15) is 4.79 Å². The van der Waals surface area contributed by atoms with Gasteiger partial charge in [0.05, 0.1) is 28.6 Å². The van der Waals surface area contributed by atoms with Crippen LogP contribution in [0.5, 0.6) is 0 Å². The van der Waals surface area contributed by atoms with Crippen molar-refractivity contribution >= 4 is 39.8 Å². The number of hydrogen-bond acceptors (Lipinski definition) is 4. The van der Waals surface area contributed by atoms with Crippen molar-refractivity contribution in [1.29, 1.82) is 5.26 Å². The molecule has 0 aliphatic heterocycles. The van der Waals surface area contributed by atoms with Crippen molar-refractivity contribution in [3.63, 3.8) is 0 Å². The highest BCUT2D eigenvalue weighted by molar-refractivity contribution is 6.37. The molecule has 1 aliphatic carbocycles. The Morgan fingerprint density at radius 2 is 2.11 bits per heavy atom. The van der Waals surface area contributed by atoms with E-state index < -0.39 is 0 Å². The lowest BCUT2D eigenvalue weighted by Crippen LogP contribution is -2.15. The minimum absolute atomic E-state index is 0.172. The molecular formula is C21H17ClN4O. The maximum absolute atomic E-state index is 12.2. The summed E-state index contributed by atoms with van der Waals surface area (Å²) in [5, 5.41) is 13.7. The van der Waals surface area contributed by atoms with Gasteiger partial charge in [0.25, 0.3) is 0 Å². The first-order valence-electron chi connectivity index (χ1n) is 8.64. The van der Waals surface area contributed by atoms with Crippen LogP contribution in [0.2, 0.25) is 5.02 Å². The van der Waals surface area contributed by atoms with Crippen molar-refractivity contribution in [3.8, 4) is 17.2 Å². The second-order valence-electron chi connectivity index (χ2n) is 6.82. The lowest BCUT2D eigenvalue weighted by atomic mass is 9.97. The molecule has 6 heteroatoms. The summed E-state index contributed by atoms with van der Waals surface area (Å²) in [6.07, 6.45) is 2.22. The van der Waals surface area contributed by atoms with Crippen LogP contribution in [0.15, 0.2) is 42.6 Å². The topological polar surface area (TPSA) is 91.8 Å². The van der Waals surface area contributed by atoms with Crippen LogP contribution in [-0.2, 0) is 4.79 Å². The van der Waals surface area contributed by atoms with Crippen LogP contribution in [0, 0.1) is 30.1 Å². The van der Waals surface area contributed by atoms with E-state index in [-0.39, 0.29) is 17.7 Å². The summed E-state index contributed by atoms with van der Waals surface area (Å²) in [7, 11) is 0. The molecule has 0 bridgehead atoms. The molecule has 1 saturated carbocycles. The number of aromatic nitrogens is 1. The van der Waals surface area contributed by atoms with E-state index in [1.54, 1.807) is 12.3 Å². The summed E-state index contributed by atoms with van der Waals surface area (Å²) in [6.45, 7) is 2.02. The van der Waals surface area contributed by atoms with Gasteiger partial charge in [0, 0.05) is 17.1 Å². The predicted molar refractivity (Wildman–Crippen MR) is 107 cm³/mol. The summed E-state index contributed by atoms with van der Waals surface area (Å²) >= 11 is 6.53. The summed E-state index contributed by atoms with van der Waals surface area (Å²) < 4.78 is 0. The number of benzene rings is 2. The van der Waals surface area contributed by atoms with Gasteiger partial charge in [-0.1, -0.05) is 35.9 Å². The quantitative estimate of drug-likeness (QED) is 0.656. The fourth-order valence-corrected chi connectivity index (χ4v) is 3.54. The summed E-state index contributed by atoms with van der Waals surface area (Å²) in [6, 6.07) is 13.8. The Kier molecular flexibility index (Phi) is 4.21. The number of nitriles is 1. The van der Waals surface area contributed by atoms with Gasteiger partial charge in [-0.15, -0.1) is 0 Å². The average Bonchev–Trinajstić information content (AvgIpc) is 3.45. The van der Waals surface area contributed by atoms with Crippen molar-refractivity contribution < 1.29 is 4.79 Å². The third-order valence-electron chi connectivity index (χ3n) is 4.98. The van der Waals surface area contributed by atoms with E-state index in [1.165, 1.54) is 0 Å². The fourth-order valence-electron chi connectivity index (χ4n) is 3.28. The Hall–Kier alpha value is -3.10. The number of anilines is 2.